The van der Waals surface area contributed by atoms with E-state index in [1.807, 2.05) is 0 Å². The molecule has 2 aromatic rings. The number of benzene rings is 1. The molecule has 0 saturated carbocycles. The van der Waals surface area contributed by atoms with Gasteiger partial charge in [0.15, 0.2) is 0 Å². The van der Waals surface area contributed by atoms with Gasteiger partial charge in [0, 0.05) is 6.04 Å². The third kappa shape index (κ3) is 2.65. The molecule has 1 unspecified atom stereocenters. The first kappa shape index (κ1) is 13.8. The largest absolute Gasteiger partial charge is 0.297 e. The van der Waals surface area contributed by atoms with E-state index >= 15 is 0 Å². The van der Waals surface area contributed by atoms with Gasteiger partial charge >= 0.3 is 0 Å². The fourth-order valence-corrected chi connectivity index (χ4v) is 3.99. The van der Waals surface area contributed by atoms with Gasteiger partial charge in [-0.05, 0) is 63.9 Å². The zero-order valence-electron chi connectivity index (χ0n) is 12.5. The van der Waals surface area contributed by atoms with Crippen molar-refractivity contribution in [2.24, 2.45) is 0 Å². The smallest absolute Gasteiger partial charge is 0.0903 e. The second kappa shape index (κ2) is 5.66. The first-order chi connectivity index (χ1) is 9.65. The van der Waals surface area contributed by atoms with Gasteiger partial charge < -0.3 is 0 Å². The third-order valence-electron chi connectivity index (χ3n) is 4.22. The van der Waals surface area contributed by atoms with Gasteiger partial charge in [0.05, 0.1) is 15.6 Å². The average molecular weight is 286 g/mol. The Bertz CT molecular complexity index is 597. The Balaban J connectivity index is 1.91. The van der Waals surface area contributed by atoms with E-state index in [0.29, 0.717) is 6.04 Å². The van der Waals surface area contributed by atoms with E-state index in [1.54, 1.807) is 11.3 Å². The summed E-state index contributed by atoms with van der Waals surface area (Å²) >= 11 is 1.80. The lowest BCUT2D eigenvalue weighted by Gasteiger charge is -2.24. The van der Waals surface area contributed by atoms with Crippen molar-refractivity contribution < 1.29 is 0 Å². The molecule has 2 heterocycles. The van der Waals surface area contributed by atoms with Gasteiger partial charge in [0.1, 0.15) is 0 Å². The molecule has 2 nitrogen and oxygen atoms in total. The summed E-state index contributed by atoms with van der Waals surface area (Å²) in [4.78, 5) is 8.45. The van der Waals surface area contributed by atoms with Crippen molar-refractivity contribution in [2.45, 2.75) is 39.7 Å². The van der Waals surface area contributed by atoms with Crippen LogP contribution in [-0.4, -0.2) is 23.0 Å². The van der Waals surface area contributed by atoms with Gasteiger partial charge in [-0.2, -0.15) is 0 Å². The zero-order valence-corrected chi connectivity index (χ0v) is 13.3. The molecule has 3 heteroatoms. The Morgan fingerprint density at radius 1 is 1.20 bits per heavy atom. The van der Waals surface area contributed by atoms with E-state index in [0.717, 1.165) is 10.7 Å². The van der Waals surface area contributed by atoms with Gasteiger partial charge in [-0.25, -0.2) is 4.98 Å². The second-order valence-corrected chi connectivity index (χ2v) is 6.90. The summed E-state index contributed by atoms with van der Waals surface area (Å²) in [6.07, 6.45) is 2.69. The second-order valence-electron chi connectivity index (χ2n) is 5.69. The van der Waals surface area contributed by atoms with E-state index in [9.17, 15) is 0 Å². The standard InChI is InChI=1S/C17H22N2S/c1-12-17(20-14(3)18-12)16-8-6-7-15(11-16)13(2)19-9-4-5-10-19/h6-8,11,13H,4-5,9-10H2,1-3H3. The molecule has 0 bridgehead atoms. The van der Waals surface area contributed by atoms with E-state index < -0.39 is 0 Å². The molecule has 1 aromatic carbocycles. The number of thiazole rings is 1. The monoisotopic (exact) mass is 286 g/mol. The first-order valence-electron chi connectivity index (χ1n) is 7.43. The quantitative estimate of drug-likeness (QED) is 0.820. The van der Waals surface area contributed by atoms with Gasteiger partial charge in [0.2, 0.25) is 0 Å². The Labute approximate surface area is 125 Å². The normalized spacial score (nSPS) is 17.6. The van der Waals surface area contributed by atoms with Crippen LogP contribution in [0.5, 0.6) is 0 Å². The SMILES string of the molecule is Cc1nc(C)c(-c2cccc(C(C)N3CCCC3)c2)s1. The van der Waals surface area contributed by atoms with Crippen LogP contribution in [0.4, 0.5) is 0 Å². The lowest BCUT2D eigenvalue weighted by atomic mass is 10.0. The Kier molecular flexibility index (Phi) is 3.90. The maximum absolute atomic E-state index is 4.55. The van der Waals surface area contributed by atoms with Gasteiger partial charge in [-0.15, -0.1) is 11.3 Å². The van der Waals surface area contributed by atoms with Crippen LogP contribution in [0.15, 0.2) is 24.3 Å². The summed E-state index contributed by atoms with van der Waals surface area (Å²) in [6.45, 7) is 9.00. The summed E-state index contributed by atoms with van der Waals surface area (Å²) in [5, 5.41) is 1.15. The van der Waals surface area contributed by atoms with Crippen LogP contribution >= 0.6 is 11.3 Å². The molecule has 0 amide bonds. The summed E-state index contributed by atoms with van der Waals surface area (Å²) in [7, 11) is 0. The molecule has 0 N–H and O–H groups in total. The molecule has 1 fully saturated rings. The van der Waals surface area contributed by atoms with Crippen LogP contribution in [0.3, 0.4) is 0 Å². The maximum Gasteiger partial charge on any atom is 0.0903 e. The third-order valence-corrected chi connectivity index (χ3v) is 5.35. The number of aromatic nitrogens is 1. The zero-order chi connectivity index (χ0) is 14.1. The van der Waals surface area contributed by atoms with Crippen molar-refractivity contribution in [3.8, 4) is 10.4 Å². The number of aryl methyl sites for hydroxylation is 2. The van der Waals surface area contributed by atoms with Crippen LogP contribution in [0, 0.1) is 13.8 Å². The molecule has 0 radical (unpaired) electrons. The molecular formula is C17H22N2S. The summed E-state index contributed by atoms with van der Waals surface area (Å²) in [5.41, 5.74) is 3.89. The lowest BCUT2D eigenvalue weighted by molar-refractivity contribution is 0.263. The molecule has 1 atom stereocenters. The summed E-state index contributed by atoms with van der Waals surface area (Å²) < 4.78 is 0. The van der Waals surface area contributed by atoms with Crippen LogP contribution < -0.4 is 0 Å². The van der Waals surface area contributed by atoms with Crippen LogP contribution in [-0.2, 0) is 0 Å². The molecule has 1 aliphatic heterocycles. The van der Waals surface area contributed by atoms with Crippen molar-refractivity contribution >= 4 is 11.3 Å². The molecule has 1 saturated heterocycles. The predicted molar refractivity (Wildman–Crippen MR) is 86.2 cm³/mol. The van der Waals surface area contributed by atoms with Crippen molar-refractivity contribution in [1.82, 2.24) is 9.88 Å². The maximum atomic E-state index is 4.55. The highest BCUT2D eigenvalue weighted by molar-refractivity contribution is 7.15. The van der Waals surface area contributed by atoms with Crippen LogP contribution in [0.1, 0.15) is 42.1 Å². The summed E-state index contributed by atoms with van der Waals surface area (Å²) in [5.74, 6) is 0. The minimum atomic E-state index is 0.520. The van der Waals surface area contributed by atoms with Gasteiger partial charge in [-0.3, -0.25) is 4.90 Å². The number of hydrogen-bond acceptors (Lipinski definition) is 3. The highest BCUT2D eigenvalue weighted by Crippen LogP contribution is 2.32. The Morgan fingerprint density at radius 2 is 1.95 bits per heavy atom. The first-order valence-corrected chi connectivity index (χ1v) is 8.25. The minimum absolute atomic E-state index is 0.520. The highest BCUT2D eigenvalue weighted by atomic mass is 32.1. The molecule has 20 heavy (non-hydrogen) atoms. The van der Waals surface area contributed by atoms with Crippen molar-refractivity contribution in [3.05, 3.63) is 40.5 Å². The predicted octanol–water partition coefficient (Wildman–Crippen LogP) is 4.58. The summed E-state index contributed by atoms with van der Waals surface area (Å²) in [6, 6.07) is 9.52. The fourth-order valence-electron chi connectivity index (χ4n) is 3.08. The van der Waals surface area contributed by atoms with Crippen molar-refractivity contribution in [2.75, 3.05) is 13.1 Å². The van der Waals surface area contributed by atoms with E-state index in [2.05, 4.69) is 54.9 Å². The number of likely N-dealkylation sites (tertiary alicyclic amines) is 1. The molecule has 1 aromatic heterocycles. The molecule has 3 rings (SSSR count). The average Bonchev–Trinajstić information content (AvgIpc) is 3.08. The van der Waals surface area contributed by atoms with Crippen molar-refractivity contribution in [1.29, 1.82) is 0 Å². The molecular weight excluding hydrogens is 264 g/mol. The minimum Gasteiger partial charge on any atom is -0.297 e. The number of nitrogens with zero attached hydrogens (tertiary/aromatic N) is 2. The molecule has 106 valence electrons. The van der Waals surface area contributed by atoms with E-state index in [1.165, 1.54) is 41.9 Å². The van der Waals surface area contributed by atoms with Crippen molar-refractivity contribution in [3.63, 3.8) is 0 Å². The van der Waals surface area contributed by atoms with Gasteiger partial charge in [-0.1, -0.05) is 18.2 Å². The Hall–Kier alpha value is -1.19. The highest BCUT2D eigenvalue weighted by Gasteiger charge is 2.20. The molecule has 0 spiro atoms. The van der Waals surface area contributed by atoms with Gasteiger partial charge in [0.25, 0.3) is 0 Å². The Morgan fingerprint density at radius 3 is 2.60 bits per heavy atom. The molecule has 0 aliphatic carbocycles. The topological polar surface area (TPSA) is 16.1 Å². The van der Waals surface area contributed by atoms with E-state index in [4.69, 9.17) is 0 Å². The van der Waals surface area contributed by atoms with Crippen LogP contribution in [0.25, 0.3) is 10.4 Å². The van der Waals surface area contributed by atoms with E-state index in [-0.39, 0.29) is 0 Å². The number of hydrogen-bond donors (Lipinski definition) is 0. The lowest BCUT2D eigenvalue weighted by Crippen LogP contribution is -2.23. The molecule has 1 aliphatic rings. The fraction of sp³-hybridized carbons (Fsp3) is 0.471. The van der Waals surface area contributed by atoms with Crippen LogP contribution in [0.2, 0.25) is 0 Å². The number of rotatable bonds is 3.